The van der Waals surface area contributed by atoms with Gasteiger partial charge in [-0.15, -0.1) is 0 Å². The molecule has 108 valence electrons. The number of nitrogens with zero attached hydrogens (tertiary/aromatic N) is 1. The highest BCUT2D eigenvalue weighted by molar-refractivity contribution is 5.87. The van der Waals surface area contributed by atoms with Crippen LogP contribution in [-0.2, 0) is 6.54 Å². The molecular weight excluding hydrogens is 246 g/mol. The third-order valence-electron chi connectivity index (χ3n) is 4.11. The minimum absolute atomic E-state index is 0.409. The van der Waals surface area contributed by atoms with E-state index in [0.717, 1.165) is 30.6 Å². The summed E-state index contributed by atoms with van der Waals surface area (Å²) in [6.45, 7) is 9.60. The molecule has 0 amide bonds. The van der Waals surface area contributed by atoms with Crippen molar-refractivity contribution in [2.75, 3.05) is 13.1 Å². The highest BCUT2D eigenvalue weighted by Gasteiger charge is 2.13. The van der Waals surface area contributed by atoms with E-state index >= 15 is 0 Å². The van der Waals surface area contributed by atoms with Gasteiger partial charge in [-0.3, -0.25) is 4.90 Å². The van der Waals surface area contributed by atoms with E-state index in [-0.39, 0.29) is 0 Å². The summed E-state index contributed by atoms with van der Waals surface area (Å²) >= 11 is 0. The van der Waals surface area contributed by atoms with Crippen LogP contribution in [0, 0.1) is 5.92 Å². The van der Waals surface area contributed by atoms with E-state index < -0.39 is 0 Å². The zero-order valence-corrected chi connectivity index (χ0v) is 12.8. The molecule has 2 aromatic rings. The number of hydrogen-bond acceptors (Lipinski definition) is 2. The fourth-order valence-electron chi connectivity index (χ4n) is 2.59. The van der Waals surface area contributed by atoms with Crippen LogP contribution in [0.5, 0.6) is 5.75 Å². The first-order valence-corrected chi connectivity index (χ1v) is 7.57. The first-order chi connectivity index (χ1) is 9.65. The minimum Gasteiger partial charge on any atom is -0.508 e. The summed E-state index contributed by atoms with van der Waals surface area (Å²) in [6.07, 6.45) is 1.19. The summed E-state index contributed by atoms with van der Waals surface area (Å²) in [4.78, 5) is 2.41. The minimum atomic E-state index is 0.409. The molecule has 0 aliphatic heterocycles. The van der Waals surface area contributed by atoms with Crippen molar-refractivity contribution in [3.63, 3.8) is 0 Å². The second-order valence-corrected chi connectivity index (χ2v) is 5.63. The lowest BCUT2D eigenvalue weighted by Crippen LogP contribution is -2.28. The van der Waals surface area contributed by atoms with Crippen LogP contribution in [-0.4, -0.2) is 23.1 Å². The fourth-order valence-corrected chi connectivity index (χ4v) is 2.59. The second-order valence-electron chi connectivity index (χ2n) is 5.63. The maximum absolute atomic E-state index is 10.2. The number of rotatable bonds is 6. The average molecular weight is 271 g/mol. The molecule has 0 heterocycles. The monoisotopic (exact) mass is 271 g/mol. The summed E-state index contributed by atoms with van der Waals surface area (Å²) in [5, 5.41) is 12.6. The topological polar surface area (TPSA) is 23.5 Å². The van der Waals surface area contributed by atoms with Gasteiger partial charge in [-0.2, -0.15) is 0 Å². The number of hydrogen-bond donors (Lipinski definition) is 1. The number of aromatic hydroxyl groups is 1. The molecule has 1 N–H and O–H groups in total. The number of phenols is 1. The standard InChI is InChI=1S/C18H25NO/c1-4-14(3)12-19(5-2)13-17-16-9-7-6-8-15(16)10-11-18(17)20/h6-11,14,20H,4-5,12-13H2,1-3H3. The lowest BCUT2D eigenvalue weighted by molar-refractivity contribution is 0.236. The van der Waals surface area contributed by atoms with Gasteiger partial charge in [0.05, 0.1) is 0 Å². The van der Waals surface area contributed by atoms with Crippen molar-refractivity contribution in [1.82, 2.24) is 4.90 Å². The molecule has 0 spiro atoms. The van der Waals surface area contributed by atoms with Gasteiger partial charge in [0, 0.05) is 18.7 Å². The Morgan fingerprint density at radius 3 is 2.55 bits per heavy atom. The molecule has 1 atom stereocenters. The summed E-state index contributed by atoms with van der Waals surface area (Å²) in [6, 6.07) is 12.1. The van der Waals surface area contributed by atoms with E-state index in [1.165, 1.54) is 11.8 Å². The first-order valence-electron chi connectivity index (χ1n) is 7.57. The van der Waals surface area contributed by atoms with E-state index in [0.29, 0.717) is 11.7 Å². The Kier molecular flexibility index (Phi) is 5.02. The van der Waals surface area contributed by atoms with Gasteiger partial charge in [0.1, 0.15) is 5.75 Å². The molecule has 20 heavy (non-hydrogen) atoms. The molecule has 0 bridgehead atoms. The predicted octanol–water partition coefficient (Wildman–Crippen LogP) is 4.41. The summed E-state index contributed by atoms with van der Waals surface area (Å²) in [7, 11) is 0. The van der Waals surface area contributed by atoms with Crippen LogP contribution in [0.1, 0.15) is 32.8 Å². The van der Waals surface area contributed by atoms with Crippen molar-refractivity contribution in [3.05, 3.63) is 42.0 Å². The van der Waals surface area contributed by atoms with Crippen LogP contribution in [0.2, 0.25) is 0 Å². The van der Waals surface area contributed by atoms with Crippen LogP contribution in [0.3, 0.4) is 0 Å². The molecule has 0 radical (unpaired) electrons. The van der Waals surface area contributed by atoms with Crippen LogP contribution in [0.4, 0.5) is 0 Å². The molecule has 0 saturated heterocycles. The molecule has 0 aliphatic carbocycles. The van der Waals surface area contributed by atoms with E-state index in [9.17, 15) is 5.11 Å². The molecular formula is C18H25NO. The first kappa shape index (κ1) is 14.9. The van der Waals surface area contributed by atoms with Crippen molar-refractivity contribution < 1.29 is 5.11 Å². The van der Waals surface area contributed by atoms with Crippen molar-refractivity contribution in [3.8, 4) is 5.75 Å². The van der Waals surface area contributed by atoms with Gasteiger partial charge in [-0.1, -0.05) is 57.5 Å². The van der Waals surface area contributed by atoms with E-state index in [1.807, 2.05) is 24.3 Å². The largest absolute Gasteiger partial charge is 0.508 e. The molecule has 1 unspecified atom stereocenters. The normalized spacial score (nSPS) is 13.0. The van der Waals surface area contributed by atoms with E-state index in [4.69, 9.17) is 0 Å². The van der Waals surface area contributed by atoms with Crippen LogP contribution in [0.25, 0.3) is 10.8 Å². The number of phenolic OH excluding ortho intramolecular Hbond substituents is 1. The summed E-state index contributed by atoms with van der Waals surface area (Å²) in [5.74, 6) is 1.10. The second kappa shape index (κ2) is 6.76. The maximum Gasteiger partial charge on any atom is 0.120 e. The van der Waals surface area contributed by atoms with Crippen LogP contribution < -0.4 is 0 Å². The zero-order valence-electron chi connectivity index (χ0n) is 12.8. The van der Waals surface area contributed by atoms with E-state index in [2.05, 4.69) is 37.8 Å². The Morgan fingerprint density at radius 2 is 1.85 bits per heavy atom. The molecule has 0 saturated carbocycles. The quantitative estimate of drug-likeness (QED) is 0.841. The average Bonchev–Trinajstić information content (AvgIpc) is 2.48. The van der Waals surface area contributed by atoms with Gasteiger partial charge < -0.3 is 5.11 Å². The van der Waals surface area contributed by atoms with Crippen LogP contribution >= 0.6 is 0 Å². The fraction of sp³-hybridized carbons (Fsp3) is 0.444. The molecule has 0 aromatic heterocycles. The number of benzene rings is 2. The zero-order chi connectivity index (χ0) is 14.5. The van der Waals surface area contributed by atoms with Crippen molar-refractivity contribution in [1.29, 1.82) is 0 Å². The highest BCUT2D eigenvalue weighted by Crippen LogP contribution is 2.28. The van der Waals surface area contributed by atoms with Crippen LogP contribution in [0.15, 0.2) is 36.4 Å². The molecule has 2 heteroatoms. The summed E-state index contributed by atoms with van der Waals surface area (Å²) in [5.41, 5.74) is 1.05. The Hall–Kier alpha value is -1.54. The maximum atomic E-state index is 10.2. The third-order valence-corrected chi connectivity index (χ3v) is 4.11. The highest BCUT2D eigenvalue weighted by atomic mass is 16.3. The van der Waals surface area contributed by atoms with Gasteiger partial charge in [0.15, 0.2) is 0 Å². The lowest BCUT2D eigenvalue weighted by Gasteiger charge is -2.24. The predicted molar refractivity (Wildman–Crippen MR) is 86.0 cm³/mol. The molecule has 2 rings (SSSR count). The van der Waals surface area contributed by atoms with Crippen molar-refractivity contribution in [2.24, 2.45) is 5.92 Å². The molecule has 2 nitrogen and oxygen atoms in total. The van der Waals surface area contributed by atoms with Gasteiger partial charge in [-0.05, 0) is 29.3 Å². The Bertz CT molecular complexity index is 564. The molecule has 0 aliphatic rings. The van der Waals surface area contributed by atoms with Gasteiger partial charge in [0.25, 0.3) is 0 Å². The van der Waals surface area contributed by atoms with Gasteiger partial charge >= 0.3 is 0 Å². The third kappa shape index (κ3) is 3.31. The van der Waals surface area contributed by atoms with Gasteiger partial charge in [-0.25, -0.2) is 0 Å². The smallest absolute Gasteiger partial charge is 0.120 e. The lowest BCUT2D eigenvalue weighted by atomic mass is 10.0. The SMILES string of the molecule is CCC(C)CN(CC)Cc1c(O)ccc2ccccc12. The number of fused-ring (bicyclic) bond motifs is 1. The Labute approximate surface area is 122 Å². The Balaban J connectivity index is 2.29. The molecule has 0 fully saturated rings. The van der Waals surface area contributed by atoms with E-state index in [1.54, 1.807) is 0 Å². The summed E-state index contributed by atoms with van der Waals surface area (Å²) < 4.78 is 0. The van der Waals surface area contributed by atoms with Crippen molar-refractivity contribution in [2.45, 2.75) is 33.7 Å². The molecule has 2 aromatic carbocycles. The van der Waals surface area contributed by atoms with Gasteiger partial charge in [0.2, 0.25) is 0 Å². The Morgan fingerprint density at radius 1 is 1.10 bits per heavy atom. The van der Waals surface area contributed by atoms with Crippen molar-refractivity contribution >= 4 is 10.8 Å².